The van der Waals surface area contributed by atoms with Gasteiger partial charge in [-0.3, -0.25) is 0 Å². The van der Waals surface area contributed by atoms with Crippen LogP contribution in [0, 0.1) is 0 Å². The Kier molecular flexibility index (Phi) is 4.94. The first-order chi connectivity index (χ1) is 7.64. The normalized spacial score (nSPS) is 21.1. The Bertz CT molecular complexity index is 450. The quantitative estimate of drug-likeness (QED) is 0.899. The molecule has 2 rings (SSSR count). The van der Waals surface area contributed by atoms with E-state index < -0.39 is 10.0 Å². The first kappa shape index (κ1) is 14.4. The van der Waals surface area contributed by atoms with Crippen molar-refractivity contribution in [3.63, 3.8) is 0 Å². The average molecular weight is 277 g/mol. The maximum absolute atomic E-state index is 12.2. The lowest BCUT2D eigenvalue weighted by Crippen LogP contribution is -2.33. The number of nitrogens with zero attached hydrogens (tertiary/aromatic N) is 1. The summed E-state index contributed by atoms with van der Waals surface area (Å²) in [5, 5.41) is 3.11. The molecule has 1 unspecified atom stereocenters. The third kappa shape index (κ3) is 2.98. The second kappa shape index (κ2) is 5.82. The third-order valence-electron chi connectivity index (χ3n) is 2.94. The molecule has 17 heavy (non-hydrogen) atoms. The fraction of sp³-hybridized carbons (Fsp3) is 0.455. The fourth-order valence-electron chi connectivity index (χ4n) is 1.92. The summed E-state index contributed by atoms with van der Waals surface area (Å²) in [6, 6.07) is 8.87. The van der Waals surface area contributed by atoms with Crippen molar-refractivity contribution in [3.8, 4) is 0 Å². The third-order valence-corrected chi connectivity index (χ3v) is 4.82. The van der Waals surface area contributed by atoms with Crippen molar-refractivity contribution >= 4 is 22.4 Å². The van der Waals surface area contributed by atoms with E-state index in [-0.39, 0.29) is 18.4 Å². The zero-order chi connectivity index (χ0) is 11.6. The van der Waals surface area contributed by atoms with E-state index in [9.17, 15) is 8.42 Å². The van der Waals surface area contributed by atoms with Gasteiger partial charge in [0.05, 0.1) is 4.90 Å². The van der Waals surface area contributed by atoms with Gasteiger partial charge in [0.25, 0.3) is 0 Å². The Morgan fingerprint density at radius 3 is 2.47 bits per heavy atom. The molecule has 0 radical (unpaired) electrons. The van der Waals surface area contributed by atoms with E-state index in [0.717, 1.165) is 6.42 Å². The average Bonchev–Trinajstić information content (AvgIpc) is 2.79. The lowest BCUT2D eigenvalue weighted by Gasteiger charge is -2.16. The largest absolute Gasteiger partial charge is 0.316 e. The molecule has 0 bridgehead atoms. The van der Waals surface area contributed by atoms with Crippen molar-refractivity contribution in [2.75, 3.05) is 20.1 Å². The van der Waals surface area contributed by atoms with E-state index in [0.29, 0.717) is 18.0 Å². The van der Waals surface area contributed by atoms with Gasteiger partial charge < -0.3 is 5.32 Å². The second-order valence-corrected chi connectivity index (χ2v) is 5.89. The zero-order valence-electron chi connectivity index (χ0n) is 9.67. The van der Waals surface area contributed by atoms with E-state index in [2.05, 4.69) is 5.32 Å². The minimum atomic E-state index is -3.29. The molecule has 6 heteroatoms. The van der Waals surface area contributed by atoms with Crippen LogP contribution < -0.4 is 5.32 Å². The van der Waals surface area contributed by atoms with Gasteiger partial charge in [0.15, 0.2) is 0 Å². The van der Waals surface area contributed by atoms with E-state index in [1.807, 2.05) is 13.1 Å². The summed E-state index contributed by atoms with van der Waals surface area (Å²) in [5.41, 5.74) is 0. The maximum atomic E-state index is 12.2. The minimum Gasteiger partial charge on any atom is -0.316 e. The van der Waals surface area contributed by atoms with Crippen molar-refractivity contribution in [2.45, 2.75) is 17.4 Å². The number of hydrogen-bond acceptors (Lipinski definition) is 3. The zero-order valence-corrected chi connectivity index (χ0v) is 11.3. The molecule has 1 saturated heterocycles. The fourth-order valence-corrected chi connectivity index (χ4v) is 3.44. The van der Waals surface area contributed by atoms with Crippen LogP contribution in [0.5, 0.6) is 0 Å². The maximum Gasteiger partial charge on any atom is 0.243 e. The van der Waals surface area contributed by atoms with Crippen LogP contribution in [-0.2, 0) is 10.0 Å². The van der Waals surface area contributed by atoms with E-state index in [4.69, 9.17) is 0 Å². The van der Waals surface area contributed by atoms with Crippen molar-refractivity contribution in [1.82, 2.24) is 9.62 Å². The monoisotopic (exact) mass is 276 g/mol. The molecular formula is C11H17ClN2O2S. The predicted molar refractivity (Wildman–Crippen MR) is 69.9 cm³/mol. The number of sulfonamides is 1. The minimum absolute atomic E-state index is 0. The van der Waals surface area contributed by atoms with Gasteiger partial charge in [-0.15, -0.1) is 12.4 Å². The van der Waals surface area contributed by atoms with Crippen LogP contribution in [-0.4, -0.2) is 38.9 Å². The molecule has 0 aliphatic carbocycles. The van der Waals surface area contributed by atoms with Crippen LogP contribution in [0.4, 0.5) is 0 Å². The molecule has 1 aromatic rings. The summed E-state index contributed by atoms with van der Waals surface area (Å²) in [5.74, 6) is 0. The number of benzene rings is 1. The number of rotatable bonds is 3. The Morgan fingerprint density at radius 1 is 1.29 bits per heavy atom. The summed E-state index contributed by atoms with van der Waals surface area (Å²) in [6.07, 6.45) is 0.878. The number of hydrogen-bond donors (Lipinski definition) is 1. The van der Waals surface area contributed by atoms with Crippen LogP contribution >= 0.6 is 12.4 Å². The van der Waals surface area contributed by atoms with Gasteiger partial charge in [0.1, 0.15) is 0 Å². The molecule has 1 heterocycles. The Labute approximate surface area is 108 Å². The van der Waals surface area contributed by atoms with Gasteiger partial charge in [0, 0.05) is 19.1 Å². The highest BCUT2D eigenvalue weighted by Gasteiger charge is 2.31. The summed E-state index contributed by atoms with van der Waals surface area (Å²) in [4.78, 5) is 0.381. The first-order valence-electron chi connectivity index (χ1n) is 5.37. The highest BCUT2D eigenvalue weighted by molar-refractivity contribution is 7.89. The molecule has 0 saturated carbocycles. The summed E-state index contributed by atoms with van der Waals surface area (Å²) in [6.45, 7) is 1.16. The van der Waals surface area contributed by atoms with Crippen LogP contribution in [0.3, 0.4) is 0 Å². The van der Waals surface area contributed by atoms with Crippen molar-refractivity contribution in [2.24, 2.45) is 0 Å². The lowest BCUT2D eigenvalue weighted by molar-refractivity contribution is 0.464. The van der Waals surface area contributed by atoms with Gasteiger partial charge in [-0.1, -0.05) is 18.2 Å². The molecule has 1 aliphatic rings. The highest BCUT2D eigenvalue weighted by atomic mass is 35.5. The van der Waals surface area contributed by atoms with Gasteiger partial charge in [0.2, 0.25) is 10.0 Å². The molecule has 0 aromatic heterocycles. The number of likely N-dealkylation sites (N-methyl/N-ethyl adjacent to an activating group) is 1. The predicted octanol–water partition coefficient (Wildman–Crippen LogP) is 1.09. The SMILES string of the molecule is CNC1CCN(S(=O)(=O)c2ccccc2)C1.Cl. The summed E-state index contributed by atoms with van der Waals surface area (Å²) in [7, 11) is -1.42. The van der Waals surface area contributed by atoms with Crippen LogP contribution in [0.15, 0.2) is 35.2 Å². The molecule has 1 fully saturated rings. The topological polar surface area (TPSA) is 49.4 Å². The van der Waals surface area contributed by atoms with Crippen LogP contribution in [0.25, 0.3) is 0 Å². The molecular weight excluding hydrogens is 260 g/mol. The highest BCUT2D eigenvalue weighted by Crippen LogP contribution is 2.20. The van der Waals surface area contributed by atoms with E-state index >= 15 is 0 Å². The molecule has 0 spiro atoms. The molecule has 1 aromatic carbocycles. The molecule has 1 N–H and O–H groups in total. The summed E-state index contributed by atoms with van der Waals surface area (Å²) < 4.78 is 25.9. The van der Waals surface area contributed by atoms with Crippen LogP contribution in [0.1, 0.15) is 6.42 Å². The first-order valence-corrected chi connectivity index (χ1v) is 6.81. The molecule has 0 amide bonds. The molecule has 1 atom stereocenters. The van der Waals surface area contributed by atoms with Crippen LogP contribution in [0.2, 0.25) is 0 Å². The van der Waals surface area contributed by atoms with Gasteiger partial charge in [-0.25, -0.2) is 8.42 Å². The van der Waals surface area contributed by atoms with Crippen molar-refractivity contribution in [3.05, 3.63) is 30.3 Å². The Balaban J connectivity index is 0.00000144. The van der Waals surface area contributed by atoms with E-state index in [1.54, 1.807) is 28.6 Å². The van der Waals surface area contributed by atoms with Crippen molar-refractivity contribution in [1.29, 1.82) is 0 Å². The van der Waals surface area contributed by atoms with Gasteiger partial charge >= 0.3 is 0 Å². The smallest absolute Gasteiger partial charge is 0.243 e. The molecule has 1 aliphatic heterocycles. The standard InChI is InChI=1S/C11H16N2O2S.ClH/c1-12-10-7-8-13(9-10)16(14,15)11-5-3-2-4-6-11;/h2-6,10,12H,7-9H2,1H3;1H. The van der Waals surface area contributed by atoms with E-state index in [1.165, 1.54) is 0 Å². The Morgan fingerprint density at radius 2 is 1.94 bits per heavy atom. The molecule has 4 nitrogen and oxygen atoms in total. The van der Waals surface area contributed by atoms with Crippen molar-refractivity contribution < 1.29 is 8.42 Å². The summed E-state index contributed by atoms with van der Waals surface area (Å²) >= 11 is 0. The lowest BCUT2D eigenvalue weighted by atomic mass is 10.3. The number of halogens is 1. The number of nitrogens with one attached hydrogen (secondary N) is 1. The van der Waals surface area contributed by atoms with Gasteiger partial charge in [-0.2, -0.15) is 4.31 Å². The Hall–Kier alpha value is -0.620. The molecule has 96 valence electrons. The second-order valence-electron chi connectivity index (χ2n) is 3.95. The van der Waals surface area contributed by atoms with Gasteiger partial charge in [-0.05, 0) is 25.6 Å².